The lowest BCUT2D eigenvalue weighted by molar-refractivity contribution is -0.137. The Labute approximate surface area is 225 Å². The van der Waals surface area contributed by atoms with Crippen LogP contribution in [0.2, 0.25) is 0 Å². The van der Waals surface area contributed by atoms with Gasteiger partial charge in [0.05, 0.1) is 24.8 Å². The fraction of sp³-hybridized carbons (Fsp3) is 0.323. The predicted octanol–water partition coefficient (Wildman–Crippen LogP) is 7.63. The fourth-order valence-corrected chi connectivity index (χ4v) is 3.25. The molecule has 0 atom stereocenters. The summed E-state index contributed by atoms with van der Waals surface area (Å²) in [5.74, 6) is -0.644. The zero-order chi connectivity index (χ0) is 28.3. The van der Waals surface area contributed by atoms with E-state index in [0.717, 1.165) is 31.8 Å². The lowest BCUT2D eigenvalue weighted by Crippen LogP contribution is -2.08. The van der Waals surface area contributed by atoms with E-state index in [2.05, 4.69) is 19.7 Å². The number of ether oxygens (including phenoxy) is 3. The second kappa shape index (κ2) is 18.1. The molecule has 0 fully saturated rings. The minimum atomic E-state index is -0.578. The standard InChI is InChI=1S/C29H30FNO5.C2H6/c1-4-28(32)35-18-8-6-5-7-17-34-24-13-11-23(12-14-24)29(33)36-25-15-16-26(27(30)19-25)22(3)10-9-21(2)20-31;1-2/h4,9-14,19H,1-3,5-8,15-18H2;1-2H3/b10-9-;. The molecule has 0 aromatic heterocycles. The molecule has 1 aromatic rings. The highest BCUT2D eigenvalue weighted by atomic mass is 19.1. The molecule has 202 valence electrons. The molecule has 0 heterocycles. The molecular weight excluding hydrogens is 485 g/mol. The smallest absolute Gasteiger partial charge is 0.343 e. The molecule has 6 nitrogen and oxygen atoms in total. The van der Waals surface area contributed by atoms with Gasteiger partial charge in [0, 0.05) is 24.1 Å². The van der Waals surface area contributed by atoms with Gasteiger partial charge in [-0.15, -0.1) is 0 Å². The van der Waals surface area contributed by atoms with Gasteiger partial charge in [-0.1, -0.05) is 39.7 Å². The Morgan fingerprint density at radius 2 is 1.68 bits per heavy atom. The Morgan fingerprint density at radius 3 is 2.29 bits per heavy atom. The van der Waals surface area contributed by atoms with E-state index < -0.39 is 17.8 Å². The van der Waals surface area contributed by atoms with Gasteiger partial charge < -0.3 is 14.2 Å². The maximum atomic E-state index is 14.5. The van der Waals surface area contributed by atoms with E-state index in [4.69, 9.17) is 19.5 Å². The second-order valence-electron chi connectivity index (χ2n) is 7.98. The van der Waals surface area contributed by atoms with Crippen molar-refractivity contribution in [2.24, 2.45) is 0 Å². The maximum Gasteiger partial charge on any atom is 0.343 e. The molecule has 1 aliphatic carbocycles. The molecule has 0 radical (unpaired) electrons. The molecule has 0 bridgehead atoms. The number of nitrogens with zero attached hydrogens (tertiary/aromatic N) is 1. The summed E-state index contributed by atoms with van der Waals surface area (Å²) in [5.41, 5.74) is 1.41. The average Bonchev–Trinajstić information content (AvgIpc) is 2.94. The van der Waals surface area contributed by atoms with Gasteiger partial charge in [-0.05, 0) is 73.6 Å². The van der Waals surface area contributed by atoms with E-state index in [1.165, 1.54) is 12.2 Å². The van der Waals surface area contributed by atoms with Crippen LogP contribution < -0.4 is 4.74 Å². The van der Waals surface area contributed by atoms with Crippen LogP contribution in [-0.4, -0.2) is 25.2 Å². The number of halogens is 1. The molecule has 0 saturated carbocycles. The van der Waals surface area contributed by atoms with Crippen LogP contribution in [0.3, 0.4) is 0 Å². The van der Waals surface area contributed by atoms with Crippen LogP contribution in [0.5, 0.6) is 5.75 Å². The third kappa shape index (κ3) is 11.7. The fourth-order valence-electron chi connectivity index (χ4n) is 3.25. The molecule has 0 spiro atoms. The molecule has 0 aliphatic heterocycles. The van der Waals surface area contributed by atoms with Crippen molar-refractivity contribution in [2.45, 2.75) is 52.4 Å². The van der Waals surface area contributed by atoms with Crippen LogP contribution in [-0.2, 0) is 14.3 Å². The Morgan fingerprint density at radius 1 is 1.03 bits per heavy atom. The number of allylic oxidation sites excluding steroid dienone is 8. The summed E-state index contributed by atoms with van der Waals surface area (Å²) in [6.45, 7) is 15.6. The maximum absolute atomic E-state index is 14.5. The minimum absolute atomic E-state index is 0.235. The van der Waals surface area contributed by atoms with Crippen molar-refractivity contribution < 1.29 is 28.2 Å². The summed E-state index contributed by atoms with van der Waals surface area (Å²) in [6.07, 6.45) is 9.52. The van der Waals surface area contributed by atoms with Crippen LogP contribution >= 0.6 is 0 Å². The largest absolute Gasteiger partial charge is 0.494 e. The molecule has 0 saturated heterocycles. The monoisotopic (exact) mass is 521 g/mol. The van der Waals surface area contributed by atoms with Crippen molar-refractivity contribution >= 4 is 11.9 Å². The molecule has 1 aliphatic rings. The number of nitriles is 1. The first-order valence-corrected chi connectivity index (χ1v) is 12.6. The van der Waals surface area contributed by atoms with Crippen molar-refractivity contribution in [1.82, 2.24) is 0 Å². The Bertz CT molecular complexity index is 1120. The third-order valence-corrected chi connectivity index (χ3v) is 5.25. The minimum Gasteiger partial charge on any atom is -0.494 e. The number of carbonyl (C=O) groups is 2. The SMILES string of the molecule is C=CC(=O)OCCCCCCOc1ccc(C(=O)OC2=CC(F)=C(C(=C)/C=C\C(=C)C#N)CC2)cc1.CC. The summed E-state index contributed by atoms with van der Waals surface area (Å²) in [6, 6.07) is 8.45. The summed E-state index contributed by atoms with van der Waals surface area (Å²) < 4.78 is 30.5. The molecule has 7 heteroatoms. The molecule has 38 heavy (non-hydrogen) atoms. The molecule has 0 amide bonds. The zero-order valence-electron chi connectivity index (χ0n) is 22.3. The number of unbranched alkanes of at least 4 members (excludes halogenated alkanes) is 3. The van der Waals surface area contributed by atoms with E-state index >= 15 is 0 Å². The summed E-state index contributed by atoms with van der Waals surface area (Å²) in [4.78, 5) is 23.4. The molecule has 0 N–H and O–H groups in total. The lowest BCUT2D eigenvalue weighted by Gasteiger charge is -2.16. The number of benzene rings is 1. The highest BCUT2D eigenvalue weighted by molar-refractivity contribution is 5.90. The van der Waals surface area contributed by atoms with E-state index in [1.807, 2.05) is 19.9 Å². The van der Waals surface area contributed by atoms with Crippen molar-refractivity contribution in [3.63, 3.8) is 0 Å². The first-order chi connectivity index (χ1) is 18.3. The highest BCUT2D eigenvalue weighted by Crippen LogP contribution is 2.31. The first kappa shape index (κ1) is 31.8. The van der Waals surface area contributed by atoms with Crippen LogP contribution in [0.25, 0.3) is 0 Å². The van der Waals surface area contributed by atoms with Gasteiger partial charge in [0.2, 0.25) is 0 Å². The van der Waals surface area contributed by atoms with Gasteiger partial charge in [-0.2, -0.15) is 5.26 Å². The van der Waals surface area contributed by atoms with Crippen LogP contribution in [0.4, 0.5) is 4.39 Å². The average molecular weight is 522 g/mol. The van der Waals surface area contributed by atoms with E-state index in [9.17, 15) is 14.0 Å². The van der Waals surface area contributed by atoms with E-state index in [1.54, 1.807) is 30.3 Å². The summed E-state index contributed by atoms with van der Waals surface area (Å²) in [7, 11) is 0. The molecule has 0 unspecified atom stereocenters. The lowest BCUT2D eigenvalue weighted by atomic mass is 9.96. The second-order valence-corrected chi connectivity index (χ2v) is 7.98. The van der Waals surface area contributed by atoms with Gasteiger partial charge in [0.25, 0.3) is 0 Å². The van der Waals surface area contributed by atoms with Gasteiger partial charge in [-0.25, -0.2) is 14.0 Å². The Hall–Kier alpha value is -4.18. The quantitative estimate of drug-likeness (QED) is 0.0822. The summed E-state index contributed by atoms with van der Waals surface area (Å²) in [5, 5.41) is 8.74. The number of esters is 2. The van der Waals surface area contributed by atoms with Crippen LogP contribution in [0.15, 0.2) is 96.6 Å². The number of hydrogen-bond donors (Lipinski definition) is 0. The van der Waals surface area contributed by atoms with E-state index in [0.29, 0.717) is 48.5 Å². The van der Waals surface area contributed by atoms with Gasteiger partial charge in [-0.3, -0.25) is 0 Å². The third-order valence-electron chi connectivity index (χ3n) is 5.25. The predicted molar refractivity (Wildman–Crippen MR) is 147 cm³/mol. The zero-order valence-corrected chi connectivity index (χ0v) is 22.3. The van der Waals surface area contributed by atoms with E-state index in [-0.39, 0.29) is 11.3 Å². The molecular formula is C31H36FNO5. The first-order valence-electron chi connectivity index (χ1n) is 12.6. The Balaban J connectivity index is 0.00000352. The van der Waals surface area contributed by atoms with Crippen LogP contribution in [0.1, 0.15) is 62.7 Å². The summed E-state index contributed by atoms with van der Waals surface area (Å²) >= 11 is 0. The molecule has 1 aromatic carbocycles. The number of carbonyl (C=O) groups excluding carboxylic acids is 2. The number of rotatable bonds is 14. The van der Waals surface area contributed by atoms with Crippen molar-refractivity contribution in [3.8, 4) is 11.8 Å². The van der Waals surface area contributed by atoms with Crippen molar-refractivity contribution in [1.29, 1.82) is 5.26 Å². The van der Waals surface area contributed by atoms with Gasteiger partial charge in [0.15, 0.2) is 0 Å². The van der Waals surface area contributed by atoms with Crippen molar-refractivity contribution in [3.05, 3.63) is 102 Å². The highest BCUT2D eigenvalue weighted by Gasteiger charge is 2.19. The topological polar surface area (TPSA) is 85.6 Å². The Kier molecular flexibility index (Phi) is 15.2. The van der Waals surface area contributed by atoms with Gasteiger partial charge in [0.1, 0.15) is 17.3 Å². The van der Waals surface area contributed by atoms with Gasteiger partial charge >= 0.3 is 11.9 Å². The van der Waals surface area contributed by atoms with Crippen LogP contribution in [0, 0.1) is 11.3 Å². The van der Waals surface area contributed by atoms with Crippen molar-refractivity contribution in [2.75, 3.05) is 13.2 Å². The molecule has 2 rings (SSSR count). The number of hydrogen-bond acceptors (Lipinski definition) is 6. The normalized spacial score (nSPS) is 12.4.